The van der Waals surface area contributed by atoms with Crippen LogP contribution in [-0.4, -0.2) is 30.6 Å². The van der Waals surface area contributed by atoms with Crippen molar-refractivity contribution in [3.8, 4) is 0 Å². The van der Waals surface area contributed by atoms with Crippen LogP contribution < -0.4 is 5.73 Å². The number of nitrogens with two attached hydrogens (primary N) is 1. The first-order chi connectivity index (χ1) is 10.2. The lowest BCUT2D eigenvalue weighted by atomic mass is 9.74. The molecule has 0 bridgehead atoms. The highest BCUT2D eigenvalue weighted by atomic mass is 15.2. The maximum atomic E-state index is 6.07. The minimum absolute atomic E-state index is 0.638. The van der Waals surface area contributed by atoms with Gasteiger partial charge in [0.05, 0.1) is 0 Å². The zero-order valence-corrected chi connectivity index (χ0v) is 14.0. The van der Waals surface area contributed by atoms with E-state index < -0.39 is 0 Å². The normalized spacial score (nSPS) is 26.5. The molecule has 1 aliphatic carbocycles. The van der Waals surface area contributed by atoms with Crippen LogP contribution >= 0.6 is 0 Å². The Morgan fingerprint density at radius 1 is 1.14 bits per heavy atom. The topological polar surface area (TPSA) is 29.3 Å². The molecular weight excluding hydrogens is 256 g/mol. The predicted octanol–water partition coefficient (Wildman–Crippen LogP) is 4.02. The smallest absolute Gasteiger partial charge is 0.0141 e. The van der Waals surface area contributed by atoms with Crippen molar-refractivity contribution in [1.29, 1.82) is 0 Å². The minimum Gasteiger partial charge on any atom is -0.330 e. The monoisotopic (exact) mass is 288 g/mol. The van der Waals surface area contributed by atoms with Crippen LogP contribution in [0.15, 0.2) is 30.3 Å². The van der Waals surface area contributed by atoms with E-state index in [0.717, 1.165) is 6.54 Å². The van der Waals surface area contributed by atoms with Crippen molar-refractivity contribution in [1.82, 2.24) is 4.90 Å². The summed E-state index contributed by atoms with van der Waals surface area (Å²) < 4.78 is 0. The van der Waals surface area contributed by atoms with Crippen molar-refractivity contribution < 1.29 is 0 Å². The van der Waals surface area contributed by atoms with Crippen LogP contribution in [0.1, 0.15) is 57.4 Å². The molecule has 1 fully saturated rings. The number of hydrogen-bond acceptors (Lipinski definition) is 2. The maximum Gasteiger partial charge on any atom is 0.0141 e. The van der Waals surface area contributed by atoms with E-state index >= 15 is 0 Å². The van der Waals surface area contributed by atoms with Crippen LogP contribution in [0.3, 0.4) is 0 Å². The van der Waals surface area contributed by atoms with E-state index in [4.69, 9.17) is 5.73 Å². The molecule has 21 heavy (non-hydrogen) atoms. The average Bonchev–Trinajstić information content (AvgIpc) is 2.56. The van der Waals surface area contributed by atoms with Gasteiger partial charge < -0.3 is 10.6 Å². The first kappa shape index (κ1) is 16.5. The summed E-state index contributed by atoms with van der Waals surface area (Å²) in [5, 5.41) is 0. The van der Waals surface area contributed by atoms with E-state index in [-0.39, 0.29) is 0 Å². The summed E-state index contributed by atoms with van der Waals surface area (Å²) in [5.74, 6) is 1.37. The highest BCUT2D eigenvalue weighted by Crippen LogP contribution is 2.38. The third-order valence-corrected chi connectivity index (χ3v) is 5.57. The fraction of sp³-hybridized carbons (Fsp3) is 0.684. The summed E-state index contributed by atoms with van der Waals surface area (Å²) >= 11 is 0. The van der Waals surface area contributed by atoms with Gasteiger partial charge in [0.1, 0.15) is 0 Å². The zero-order chi connectivity index (χ0) is 15.2. The lowest BCUT2D eigenvalue weighted by molar-refractivity contribution is 0.0797. The molecule has 3 unspecified atom stereocenters. The van der Waals surface area contributed by atoms with E-state index in [1.165, 1.54) is 37.7 Å². The second-order valence-corrected chi connectivity index (χ2v) is 6.62. The SMILES string of the molecule is CCC(CC)N(C)C1CC(c2ccccc2)CCC1CN. The van der Waals surface area contributed by atoms with E-state index in [1.54, 1.807) is 0 Å². The number of benzene rings is 1. The Balaban J connectivity index is 2.12. The molecule has 1 saturated carbocycles. The third-order valence-electron chi connectivity index (χ3n) is 5.57. The molecule has 0 amide bonds. The van der Waals surface area contributed by atoms with E-state index in [2.05, 4.69) is 56.1 Å². The Bertz CT molecular complexity index is 399. The summed E-state index contributed by atoms with van der Waals surface area (Å²) in [5.41, 5.74) is 7.58. The molecule has 0 radical (unpaired) electrons. The van der Waals surface area contributed by atoms with E-state index in [0.29, 0.717) is 23.9 Å². The van der Waals surface area contributed by atoms with Crippen molar-refractivity contribution in [2.45, 2.75) is 64.0 Å². The van der Waals surface area contributed by atoms with Crippen LogP contribution in [0.2, 0.25) is 0 Å². The van der Waals surface area contributed by atoms with Gasteiger partial charge in [-0.3, -0.25) is 0 Å². The molecule has 3 atom stereocenters. The summed E-state index contributed by atoms with van der Waals surface area (Å²) in [4.78, 5) is 2.63. The standard InChI is InChI=1S/C19H32N2/c1-4-18(5-2)21(3)19-13-16(11-12-17(19)14-20)15-9-7-6-8-10-15/h6-10,16-19H,4-5,11-14,20H2,1-3H3. The molecule has 2 rings (SSSR count). The van der Waals surface area contributed by atoms with Gasteiger partial charge in [-0.2, -0.15) is 0 Å². The largest absolute Gasteiger partial charge is 0.330 e. The first-order valence-corrected chi connectivity index (χ1v) is 8.68. The molecule has 0 heterocycles. The van der Waals surface area contributed by atoms with Crippen molar-refractivity contribution >= 4 is 0 Å². The Hall–Kier alpha value is -0.860. The molecule has 2 heteroatoms. The molecule has 2 N–H and O–H groups in total. The lowest BCUT2D eigenvalue weighted by Crippen LogP contribution is -2.48. The lowest BCUT2D eigenvalue weighted by Gasteiger charge is -2.44. The Morgan fingerprint density at radius 2 is 1.81 bits per heavy atom. The number of rotatable bonds is 6. The fourth-order valence-corrected chi connectivity index (χ4v) is 4.15. The second-order valence-electron chi connectivity index (χ2n) is 6.62. The molecule has 1 aromatic carbocycles. The van der Waals surface area contributed by atoms with Crippen LogP contribution in [0, 0.1) is 5.92 Å². The van der Waals surface area contributed by atoms with Gasteiger partial charge in [-0.1, -0.05) is 44.2 Å². The van der Waals surface area contributed by atoms with Gasteiger partial charge in [0.25, 0.3) is 0 Å². The highest BCUT2D eigenvalue weighted by molar-refractivity contribution is 5.20. The molecule has 1 aliphatic rings. The molecule has 1 aromatic rings. The van der Waals surface area contributed by atoms with E-state index in [9.17, 15) is 0 Å². The van der Waals surface area contributed by atoms with Gasteiger partial charge in [0.2, 0.25) is 0 Å². The quantitative estimate of drug-likeness (QED) is 0.856. The number of nitrogens with zero attached hydrogens (tertiary/aromatic N) is 1. The van der Waals surface area contributed by atoms with Gasteiger partial charge in [0, 0.05) is 12.1 Å². The Morgan fingerprint density at radius 3 is 2.38 bits per heavy atom. The van der Waals surface area contributed by atoms with E-state index in [1.807, 2.05) is 0 Å². The summed E-state index contributed by atoms with van der Waals surface area (Å²) in [6.07, 6.45) is 6.29. The summed E-state index contributed by atoms with van der Waals surface area (Å²) in [6.45, 7) is 5.44. The molecule has 0 aromatic heterocycles. The number of hydrogen-bond donors (Lipinski definition) is 1. The fourth-order valence-electron chi connectivity index (χ4n) is 4.15. The summed E-state index contributed by atoms with van der Waals surface area (Å²) in [7, 11) is 2.32. The molecule has 0 aliphatic heterocycles. The van der Waals surface area contributed by atoms with Crippen molar-refractivity contribution in [2.75, 3.05) is 13.6 Å². The van der Waals surface area contributed by atoms with Crippen LogP contribution in [0.25, 0.3) is 0 Å². The Labute approximate surface area is 130 Å². The van der Waals surface area contributed by atoms with Gasteiger partial charge in [-0.25, -0.2) is 0 Å². The molecule has 118 valence electrons. The van der Waals surface area contributed by atoms with Crippen molar-refractivity contribution in [3.63, 3.8) is 0 Å². The van der Waals surface area contributed by atoms with Crippen molar-refractivity contribution in [3.05, 3.63) is 35.9 Å². The Kier molecular flexibility index (Phi) is 6.25. The average molecular weight is 288 g/mol. The molecular formula is C19H32N2. The zero-order valence-electron chi connectivity index (χ0n) is 14.0. The van der Waals surface area contributed by atoms with Crippen molar-refractivity contribution in [2.24, 2.45) is 11.7 Å². The third kappa shape index (κ3) is 3.87. The van der Waals surface area contributed by atoms with Gasteiger partial charge >= 0.3 is 0 Å². The molecule has 2 nitrogen and oxygen atoms in total. The van der Waals surface area contributed by atoms with Gasteiger partial charge in [-0.15, -0.1) is 0 Å². The molecule has 0 spiro atoms. The maximum absolute atomic E-state index is 6.07. The van der Waals surface area contributed by atoms with Gasteiger partial charge in [-0.05, 0) is 63.1 Å². The minimum atomic E-state index is 0.638. The first-order valence-electron chi connectivity index (χ1n) is 8.68. The van der Waals surface area contributed by atoms with Gasteiger partial charge in [0.15, 0.2) is 0 Å². The highest BCUT2D eigenvalue weighted by Gasteiger charge is 2.34. The molecule has 0 saturated heterocycles. The van der Waals surface area contributed by atoms with Crippen LogP contribution in [0.5, 0.6) is 0 Å². The second kappa shape index (κ2) is 7.95. The van der Waals surface area contributed by atoms with Crippen LogP contribution in [-0.2, 0) is 0 Å². The predicted molar refractivity (Wildman–Crippen MR) is 91.5 cm³/mol. The van der Waals surface area contributed by atoms with Crippen LogP contribution in [0.4, 0.5) is 0 Å². The summed E-state index contributed by atoms with van der Waals surface area (Å²) in [6, 6.07) is 12.4.